The van der Waals surface area contributed by atoms with Crippen molar-refractivity contribution in [2.75, 3.05) is 0 Å². The van der Waals surface area contributed by atoms with Crippen molar-refractivity contribution < 1.29 is 14.8 Å². The predicted molar refractivity (Wildman–Crippen MR) is 62.2 cm³/mol. The van der Waals surface area contributed by atoms with Gasteiger partial charge in [-0.2, -0.15) is 0 Å². The Balaban J connectivity index is 3.20. The van der Waals surface area contributed by atoms with Crippen molar-refractivity contribution >= 4 is 33.7 Å². The Morgan fingerprint density at radius 2 is 2.19 bits per heavy atom. The van der Waals surface area contributed by atoms with E-state index in [2.05, 4.69) is 15.9 Å². The Kier molecular flexibility index (Phi) is 3.78. The molecule has 0 amide bonds. The molecule has 0 aliphatic carbocycles. The average Bonchev–Trinajstić information content (AvgIpc) is 2.18. The molecule has 0 aliphatic heterocycles. The molecule has 0 spiro atoms. The fourth-order valence-corrected chi connectivity index (χ4v) is 1.64. The van der Waals surface area contributed by atoms with E-state index in [0.717, 1.165) is 6.08 Å². The minimum absolute atomic E-state index is 0.000602. The SMILES string of the molecule is Cc1cc(/C=C/C(=O)O)c(Br)cc1[N+](=O)[O-]. The molecule has 1 aromatic carbocycles. The Morgan fingerprint density at radius 3 is 2.69 bits per heavy atom. The highest BCUT2D eigenvalue weighted by atomic mass is 79.9. The first-order valence-corrected chi connectivity index (χ1v) is 5.06. The summed E-state index contributed by atoms with van der Waals surface area (Å²) in [6.45, 7) is 1.60. The van der Waals surface area contributed by atoms with Crippen LogP contribution in [-0.2, 0) is 4.79 Å². The number of aliphatic carboxylic acids is 1. The van der Waals surface area contributed by atoms with Gasteiger partial charge < -0.3 is 5.11 Å². The van der Waals surface area contributed by atoms with E-state index in [1.165, 1.54) is 12.1 Å². The van der Waals surface area contributed by atoms with E-state index in [9.17, 15) is 14.9 Å². The standard InChI is InChI=1S/C10H8BrNO4/c1-6-4-7(2-3-10(13)14)8(11)5-9(6)12(15)16/h2-5H,1H3,(H,13,14)/b3-2+. The summed E-state index contributed by atoms with van der Waals surface area (Å²) < 4.78 is 0.488. The third kappa shape index (κ3) is 2.90. The van der Waals surface area contributed by atoms with Crippen LogP contribution in [0.25, 0.3) is 6.08 Å². The summed E-state index contributed by atoms with van der Waals surface area (Å²) in [4.78, 5) is 20.5. The number of aryl methyl sites for hydroxylation is 1. The van der Waals surface area contributed by atoms with Gasteiger partial charge in [-0.15, -0.1) is 0 Å². The van der Waals surface area contributed by atoms with E-state index >= 15 is 0 Å². The molecule has 5 nitrogen and oxygen atoms in total. The molecule has 0 saturated carbocycles. The van der Waals surface area contributed by atoms with Crippen molar-refractivity contribution in [2.24, 2.45) is 0 Å². The Bertz CT molecular complexity index is 482. The summed E-state index contributed by atoms with van der Waals surface area (Å²) in [7, 11) is 0. The average molecular weight is 286 g/mol. The maximum Gasteiger partial charge on any atom is 0.328 e. The van der Waals surface area contributed by atoms with Gasteiger partial charge in [-0.05, 0) is 40.6 Å². The quantitative estimate of drug-likeness (QED) is 0.526. The van der Waals surface area contributed by atoms with Crippen LogP contribution in [0.4, 0.5) is 5.69 Å². The number of benzene rings is 1. The van der Waals surface area contributed by atoms with E-state index in [4.69, 9.17) is 5.11 Å². The highest BCUT2D eigenvalue weighted by molar-refractivity contribution is 9.10. The Labute approximate surface area is 99.7 Å². The zero-order valence-electron chi connectivity index (χ0n) is 8.31. The predicted octanol–water partition coefficient (Wildman–Crippen LogP) is 2.76. The van der Waals surface area contributed by atoms with E-state index in [-0.39, 0.29) is 5.69 Å². The number of carbonyl (C=O) groups is 1. The molecule has 16 heavy (non-hydrogen) atoms. The number of carboxylic acids is 1. The zero-order chi connectivity index (χ0) is 12.3. The van der Waals surface area contributed by atoms with Gasteiger partial charge in [0.1, 0.15) is 0 Å². The molecule has 0 heterocycles. The van der Waals surface area contributed by atoms with Crippen molar-refractivity contribution in [1.29, 1.82) is 0 Å². The van der Waals surface area contributed by atoms with Crippen LogP contribution in [0.2, 0.25) is 0 Å². The number of nitrogens with zero attached hydrogens (tertiary/aromatic N) is 1. The van der Waals surface area contributed by atoms with Crippen LogP contribution >= 0.6 is 15.9 Å². The van der Waals surface area contributed by atoms with Crippen LogP contribution < -0.4 is 0 Å². The highest BCUT2D eigenvalue weighted by Crippen LogP contribution is 2.27. The first-order chi connectivity index (χ1) is 7.41. The molecule has 1 aromatic rings. The molecular formula is C10H8BrNO4. The number of rotatable bonds is 3. The maximum atomic E-state index is 10.6. The maximum absolute atomic E-state index is 10.6. The molecule has 0 aliphatic rings. The van der Waals surface area contributed by atoms with Gasteiger partial charge in [0.15, 0.2) is 0 Å². The molecule has 0 atom stereocenters. The number of halogens is 1. The van der Waals surface area contributed by atoms with Crippen LogP contribution in [0.5, 0.6) is 0 Å². The van der Waals surface area contributed by atoms with Crippen molar-refractivity contribution in [3.8, 4) is 0 Å². The molecule has 84 valence electrons. The largest absolute Gasteiger partial charge is 0.478 e. The summed E-state index contributed by atoms with van der Waals surface area (Å²) >= 11 is 3.15. The lowest BCUT2D eigenvalue weighted by molar-refractivity contribution is -0.385. The molecule has 0 radical (unpaired) electrons. The molecule has 0 saturated heterocycles. The fraction of sp³-hybridized carbons (Fsp3) is 0.100. The fourth-order valence-electron chi connectivity index (χ4n) is 1.18. The van der Waals surface area contributed by atoms with E-state index in [1.54, 1.807) is 13.0 Å². The lowest BCUT2D eigenvalue weighted by Gasteiger charge is -2.02. The molecule has 1 N–H and O–H groups in total. The topological polar surface area (TPSA) is 80.4 Å². The molecule has 6 heteroatoms. The minimum atomic E-state index is -1.07. The first-order valence-electron chi connectivity index (χ1n) is 4.27. The zero-order valence-corrected chi connectivity index (χ0v) is 9.89. The lowest BCUT2D eigenvalue weighted by Crippen LogP contribution is -1.93. The van der Waals surface area contributed by atoms with Crippen molar-refractivity contribution in [3.63, 3.8) is 0 Å². The number of nitro benzene ring substituents is 1. The van der Waals surface area contributed by atoms with Gasteiger partial charge in [0.05, 0.1) is 4.92 Å². The minimum Gasteiger partial charge on any atom is -0.478 e. The smallest absolute Gasteiger partial charge is 0.328 e. The van der Waals surface area contributed by atoms with E-state index in [1.807, 2.05) is 0 Å². The van der Waals surface area contributed by atoms with Crippen LogP contribution in [-0.4, -0.2) is 16.0 Å². The van der Waals surface area contributed by atoms with E-state index in [0.29, 0.717) is 15.6 Å². The van der Waals surface area contributed by atoms with Gasteiger partial charge in [0.25, 0.3) is 5.69 Å². The van der Waals surface area contributed by atoms with E-state index < -0.39 is 10.9 Å². The molecular weight excluding hydrogens is 278 g/mol. The number of carboxylic acid groups (broad SMARTS) is 1. The van der Waals surface area contributed by atoms with Crippen LogP contribution in [0, 0.1) is 17.0 Å². The third-order valence-corrected chi connectivity index (χ3v) is 2.60. The molecule has 0 unspecified atom stereocenters. The number of hydrogen-bond acceptors (Lipinski definition) is 3. The number of hydrogen-bond donors (Lipinski definition) is 1. The van der Waals surface area contributed by atoms with Crippen LogP contribution in [0.1, 0.15) is 11.1 Å². The van der Waals surface area contributed by atoms with Gasteiger partial charge in [-0.3, -0.25) is 10.1 Å². The second-order valence-corrected chi connectivity index (χ2v) is 3.94. The summed E-state index contributed by atoms with van der Waals surface area (Å²) in [6, 6.07) is 2.92. The normalized spacial score (nSPS) is 10.6. The Hall–Kier alpha value is -1.69. The van der Waals surface area contributed by atoms with Crippen LogP contribution in [0.15, 0.2) is 22.7 Å². The van der Waals surface area contributed by atoms with Gasteiger partial charge in [0, 0.05) is 22.2 Å². The summed E-state index contributed by atoms with van der Waals surface area (Å²) in [5, 5.41) is 19.1. The Morgan fingerprint density at radius 1 is 1.56 bits per heavy atom. The van der Waals surface area contributed by atoms with Crippen molar-refractivity contribution in [3.05, 3.63) is 43.9 Å². The highest BCUT2D eigenvalue weighted by Gasteiger charge is 2.12. The molecule has 0 bridgehead atoms. The summed E-state index contributed by atoms with van der Waals surface area (Å²) in [6.07, 6.45) is 2.36. The lowest BCUT2D eigenvalue weighted by atomic mass is 10.1. The summed E-state index contributed by atoms with van der Waals surface area (Å²) in [5.41, 5.74) is 1.07. The second-order valence-electron chi connectivity index (χ2n) is 3.09. The van der Waals surface area contributed by atoms with Gasteiger partial charge >= 0.3 is 5.97 Å². The van der Waals surface area contributed by atoms with Gasteiger partial charge in [-0.1, -0.05) is 0 Å². The third-order valence-electron chi connectivity index (χ3n) is 1.92. The van der Waals surface area contributed by atoms with Crippen molar-refractivity contribution in [2.45, 2.75) is 6.92 Å². The monoisotopic (exact) mass is 285 g/mol. The van der Waals surface area contributed by atoms with Crippen LogP contribution in [0.3, 0.4) is 0 Å². The molecule has 1 rings (SSSR count). The van der Waals surface area contributed by atoms with Gasteiger partial charge in [-0.25, -0.2) is 4.79 Å². The molecule has 0 fully saturated rings. The van der Waals surface area contributed by atoms with Gasteiger partial charge in [0.2, 0.25) is 0 Å². The first kappa shape index (κ1) is 12.4. The molecule has 0 aromatic heterocycles. The number of nitro groups is 1. The van der Waals surface area contributed by atoms with Crippen molar-refractivity contribution in [1.82, 2.24) is 0 Å². The second kappa shape index (κ2) is 4.89. The summed E-state index contributed by atoms with van der Waals surface area (Å²) in [5.74, 6) is -1.07.